The Labute approximate surface area is 143 Å². The molecule has 3 rings (SSSR count). The molecule has 0 saturated heterocycles. The molecule has 0 fully saturated rings. The smallest absolute Gasteiger partial charge is 0.276 e. The molecule has 0 spiro atoms. The summed E-state index contributed by atoms with van der Waals surface area (Å²) in [4.78, 5) is 12.6. The molecule has 0 aliphatic carbocycles. The molecule has 4 nitrogen and oxygen atoms in total. The Bertz CT molecular complexity index is 837. The van der Waals surface area contributed by atoms with Crippen LogP contribution in [0.4, 0.5) is 5.69 Å². The Morgan fingerprint density at radius 2 is 1.83 bits per heavy atom. The van der Waals surface area contributed by atoms with E-state index in [-0.39, 0.29) is 5.91 Å². The Morgan fingerprint density at radius 1 is 1.13 bits per heavy atom. The van der Waals surface area contributed by atoms with Crippen molar-refractivity contribution < 1.29 is 4.79 Å². The van der Waals surface area contributed by atoms with Crippen molar-refractivity contribution in [2.24, 2.45) is 0 Å². The third-order valence-corrected chi connectivity index (χ3v) is 3.97. The average molecular weight is 371 g/mol. The number of para-hydroxylation sites is 1. The van der Waals surface area contributed by atoms with E-state index in [4.69, 9.17) is 0 Å². The van der Waals surface area contributed by atoms with E-state index < -0.39 is 0 Å². The van der Waals surface area contributed by atoms with Gasteiger partial charge in [0.2, 0.25) is 0 Å². The van der Waals surface area contributed by atoms with E-state index in [9.17, 15) is 4.79 Å². The van der Waals surface area contributed by atoms with Crippen molar-refractivity contribution in [1.29, 1.82) is 0 Å². The molecule has 5 heteroatoms. The minimum absolute atomic E-state index is 0.198. The van der Waals surface area contributed by atoms with Crippen LogP contribution in [0.2, 0.25) is 0 Å². The first kappa shape index (κ1) is 15.7. The number of nitrogens with one attached hydrogen (secondary N) is 1. The van der Waals surface area contributed by atoms with E-state index in [2.05, 4.69) is 40.2 Å². The molecule has 0 unspecified atom stereocenters. The molecular weight excluding hydrogens is 354 g/mol. The molecule has 1 amide bonds. The van der Waals surface area contributed by atoms with Gasteiger partial charge in [-0.1, -0.05) is 48.0 Å². The first-order chi connectivity index (χ1) is 11.0. The summed E-state index contributed by atoms with van der Waals surface area (Å²) in [6.45, 7) is 4.81. The number of hydrogen-bond acceptors (Lipinski definition) is 2. The molecule has 0 aliphatic heterocycles. The molecule has 0 bridgehead atoms. The van der Waals surface area contributed by atoms with Gasteiger partial charge in [0.1, 0.15) is 0 Å². The molecule has 1 N–H and O–H groups in total. The SMILES string of the molecule is C[C](C)Cn1nc(C(=O)Nc2ccc(Br)cc2)c2ccccc21. The van der Waals surface area contributed by atoms with Gasteiger partial charge in [0, 0.05) is 22.1 Å². The molecule has 0 aliphatic rings. The normalized spacial score (nSPS) is 11.1. The highest BCUT2D eigenvalue weighted by atomic mass is 79.9. The lowest BCUT2D eigenvalue weighted by Gasteiger charge is -2.05. The Kier molecular flexibility index (Phi) is 4.48. The maximum atomic E-state index is 12.6. The van der Waals surface area contributed by atoms with Crippen LogP contribution in [-0.2, 0) is 6.54 Å². The summed E-state index contributed by atoms with van der Waals surface area (Å²) in [5, 5.41) is 8.28. The number of nitrogens with zero attached hydrogens (tertiary/aromatic N) is 2. The number of carbonyl (C=O) groups is 1. The van der Waals surface area contributed by atoms with Gasteiger partial charge in [0.25, 0.3) is 5.91 Å². The van der Waals surface area contributed by atoms with Gasteiger partial charge in [0.15, 0.2) is 5.69 Å². The maximum Gasteiger partial charge on any atom is 0.276 e. The van der Waals surface area contributed by atoms with E-state index in [1.54, 1.807) is 0 Å². The van der Waals surface area contributed by atoms with Crippen LogP contribution in [0.15, 0.2) is 53.0 Å². The Morgan fingerprint density at radius 3 is 2.52 bits per heavy atom. The van der Waals surface area contributed by atoms with Gasteiger partial charge in [0.05, 0.1) is 5.52 Å². The molecule has 117 valence electrons. The molecular formula is C18H17BrN3O. The summed E-state index contributed by atoms with van der Waals surface area (Å²) < 4.78 is 2.85. The van der Waals surface area contributed by atoms with Gasteiger partial charge in [-0.05, 0) is 36.2 Å². The summed E-state index contributed by atoms with van der Waals surface area (Å²) in [5.74, 6) is 1.04. The van der Waals surface area contributed by atoms with Crippen molar-refractivity contribution in [2.75, 3.05) is 5.32 Å². The summed E-state index contributed by atoms with van der Waals surface area (Å²) in [7, 11) is 0. The molecule has 0 saturated carbocycles. The van der Waals surface area contributed by atoms with Crippen LogP contribution in [0.25, 0.3) is 10.9 Å². The van der Waals surface area contributed by atoms with Crippen LogP contribution in [0.5, 0.6) is 0 Å². The number of rotatable bonds is 4. The zero-order valence-electron chi connectivity index (χ0n) is 13.0. The number of halogens is 1. The van der Waals surface area contributed by atoms with Crippen molar-refractivity contribution in [1.82, 2.24) is 9.78 Å². The highest BCUT2D eigenvalue weighted by molar-refractivity contribution is 9.10. The van der Waals surface area contributed by atoms with Gasteiger partial charge < -0.3 is 5.32 Å². The zero-order chi connectivity index (χ0) is 16.4. The molecule has 3 aromatic rings. The van der Waals surface area contributed by atoms with Gasteiger partial charge in [-0.15, -0.1) is 0 Å². The summed E-state index contributed by atoms with van der Waals surface area (Å²) in [6, 6.07) is 15.3. The lowest BCUT2D eigenvalue weighted by atomic mass is 10.2. The Balaban J connectivity index is 1.95. The minimum atomic E-state index is -0.198. The first-order valence-electron chi connectivity index (χ1n) is 7.36. The fourth-order valence-electron chi connectivity index (χ4n) is 2.44. The number of aromatic nitrogens is 2. The summed E-state index contributed by atoms with van der Waals surface area (Å²) >= 11 is 3.38. The van der Waals surface area contributed by atoms with E-state index in [1.165, 1.54) is 5.92 Å². The topological polar surface area (TPSA) is 46.9 Å². The molecule has 1 radical (unpaired) electrons. The number of fused-ring (bicyclic) bond motifs is 1. The van der Waals surface area contributed by atoms with Crippen molar-refractivity contribution in [3.05, 3.63) is 64.6 Å². The maximum absolute atomic E-state index is 12.6. The lowest BCUT2D eigenvalue weighted by Crippen LogP contribution is -2.14. The van der Waals surface area contributed by atoms with E-state index >= 15 is 0 Å². The second-order valence-corrected chi connectivity index (χ2v) is 6.61. The van der Waals surface area contributed by atoms with Crippen molar-refractivity contribution in [2.45, 2.75) is 20.4 Å². The molecule has 23 heavy (non-hydrogen) atoms. The second kappa shape index (κ2) is 6.54. The molecule has 2 aromatic carbocycles. The average Bonchev–Trinajstić information content (AvgIpc) is 2.88. The largest absolute Gasteiger partial charge is 0.321 e. The van der Waals surface area contributed by atoms with E-state index in [0.717, 1.165) is 21.1 Å². The minimum Gasteiger partial charge on any atom is -0.321 e. The monoisotopic (exact) mass is 370 g/mol. The van der Waals surface area contributed by atoms with Crippen LogP contribution in [0.1, 0.15) is 24.3 Å². The standard InChI is InChI=1S/C18H17BrN3O/c1-12(2)11-22-16-6-4-3-5-15(16)17(21-22)18(23)20-14-9-7-13(19)8-10-14/h3-10H,11H2,1-2H3,(H,20,23). The lowest BCUT2D eigenvalue weighted by molar-refractivity contribution is 0.102. The van der Waals surface area contributed by atoms with Crippen LogP contribution >= 0.6 is 15.9 Å². The van der Waals surface area contributed by atoms with Crippen molar-refractivity contribution >= 4 is 38.4 Å². The van der Waals surface area contributed by atoms with Crippen LogP contribution in [0.3, 0.4) is 0 Å². The second-order valence-electron chi connectivity index (χ2n) is 5.69. The Hall–Kier alpha value is -2.14. The predicted octanol–water partition coefficient (Wildman–Crippen LogP) is 4.67. The highest BCUT2D eigenvalue weighted by Gasteiger charge is 2.17. The zero-order valence-corrected chi connectivity index (χ0v) is 14.6. The van der Waals surface area contributed by atoms with Crippen LogP contribution < -0.4 is 5.32 Å². The first-order valence-corrected chi connectivity index (χ1v) is 8.15. The number of carbonyl (C=O) groups excluding carboxylic acids is 1. The number of benzene rings is 2. The molecule has 1 aromatic heterocycles. The predicted molar refractivity (Wildman–Crippen MR) is 96.4 cm³/mol. The van der Waals surface area contributed by atoms with Gasteiger partial charge in [-0.2, -0.15) is 5.10 Å². The van der Waals surface area contributed by atoms with Crippen molar-refractivity contribution in [3.63, 3.8) is 0 Å². The van der Waals surface area contributed by atoms with Gasteiger partial charge in [-0.3, -0.25) is 9.48 Å². The third kappa shape index (κ3) is 3.45. The number of hydrogen-bond donors (Lipinski definition) is 1. The highest BCUT2D eigenvalue weighted by Crippen LogP contribution is 2.21. The van der Waals surface area contributed by atoms with Gasteiger partial charge >= 0.3 is 0 Å². The van der Waals surface area contributed by atoms with Gasteiger partial charge in [-0.25, -0.2) is 0 Å². The fourth-order valence-corrected chi connectivity index (χ4v) is 2.70. The molecule has 0 atom stereocenters. The van der Waals surface area contributed by atoms with Crippen molar-refractivity contribution in [3.8, 4) is 0 Å². The fraction of sp³-hybridized carbons (Fsp3) is 0.167. The summed E-state index contributed by atoms with van der Waals surface area (Å²) in [5.41, 5.74) is 2.16. The molecule has 1 heterocycles. The third-order valence-electron chi connectivity index (χ3n) is 3.44. The van der Waals surface area contributed by atoms with E-state index in [0.29, 0.717) is 12.2 Å². The van der Waals surface area contributed by atoms with Crippen LogP contribution in [0, 0.1) is 5.92 Å². The van der Waals surface area contributed by atoms with Crippen LogP contribution in [-0.4, -0.2) is 15.7 Å². The number of anilines is 1. The quantitative estimate of drug-likeness (QED) is 0.725. The number of amides is 1. The van der Waals surface area contributed by atoms with E-state index in [1.807, 2.05) is 53.2 Å². The summed E-state index contributed by atoms with van der Waals surface area (Å²) in [6.07, 6.45) is 0.